The predicted molar refractivity (Wildman–Crippen MR) is 70.9 cm³/mol. The first kappa shape index (κ1) is 11.9. The highest BCUT2D eigenvalue weighted by Gasteiger charge is 2.13. The maximum absolute atomic E-state index is 12.1. The highest BCUT2D eigenvalue weighted by molar-refractivity contribution is 6.00. The second-order valence-corrected chi connectivity index (χ2v) is 4.46. The Kier molecular flexibility index (Phi) is 3.24. The standard InChI is InChI=1S/C13H15N5O/c19-13(16-7-10-1-3-14-4-2-10)11-8-17-18-6-5-15-9-12(11)18/h1,5-6,8-9,14H,2-4,7H2,(H,16,19). The van der Waals surface area contributed by atoms with Crippen molar-refractivity contribution in [2.75, 3.05) is 19.6 Å². The smallest absolute Gasteiger partial charge is 0.255 e. The number of amides is 1. The minimum atomic E-state index is -0.109. The number of fused-ring (bicyclic) bond motifs is 1. The van der Waals surface area contributed by atoms with Gasteiger partial charge in [-0.1, -0.05) is 11.6 Å². The van der Waals surface area contributed by atoms with Crippen molar-refractivity contribution in [3.63, 3.8) is 0 Å². The van der Waals surface area contributed by atoms with Gasteiger partial charge in [-0.15, -0.1) is 0 Å². The molecular formula is C13H15N5O. The molecule has 6 heteroatoms. The number of nitrogens with one attached hydrogen (secondary N) is 2. The zero-order valence-electron chi connectivity index (χ0n) is 10.5. The molecule has 0 fully saturated rings. The van der Waals surface area contributed by atoms with E-state index in [1.165, 1.54) is 5.57 Å². The summed E-state index contributed by atoms with van der Waals surface area (Å²) in [7, 11) is 0. The van der Waals surface area contributed by atoms with E-state index in [4.69, 9.17) is 0 Å². The summed E-state index contributed by atoms with van der Waals surface area (Å²) in [6, 6.07) is 0. The number of hydrogen-bond acceptors (Lipinski definition) is 4. The molecule has 0 spiro atoms. The van der Waals surface area contributed by atoms with E-state index >= 15 is 0 Å². The average Bonchev–Trinajstić information content (AvgIpc) is 2.90. The number of nitrogens with zero attached hydrogens (tertiary/aromatic N) is 3. The van der Waals surface area contributed by atoms with Crippen LogP contribution in [0.5, 0.6) is 0 Å². The first-order valence-corrected chi connectivity index (χ1v) is 6.29. The van der Waals surface area contributed by atoms with Gasteiger partial charge < -0.3 is 10.6 Å². The van der Waals surface area contributed by atoms with Crippen LogP contribution in [-0.2, 0) is 0 Å². The van der Waals surface area contributed by atoms with Crippen LogP contribution in [0.1, 0.15) is 16.8 Å². The SMILES string of the molecule is O=C(NCC1=CCNCC1)c1cnn2ccncc12. The van der Waals surface area contributed by atoms with Gasteiger partial charge in [0.05, 0.1) is 23.5 Å². The number of rotatable bonds is 3. The van der Waals surface area contributed by atoms with Crippen LogP contribution in [-0.4, -0.2) is 40.1 Å². The second-order valence-electron chi connectivity index (χ2n) is 4.46. The minimum Gasteiger partial charge on any atom is -0.348 e. The van der Waals surface area contributed by atoms with Crippen LogP contribution >= 0.6 is 0 Å². The lowest BCUT2D eigenvalue weighted by Crippen LogP contribution is -2.29. The van der Waals surface area contributed by atoms with E-state index in [0.29, 0.717) is 12.1 Å². The summed E-state index contributed by atoms with van der Waals surface area (Å²) >= 11 is 0. The van der Waals surface area contributed by atoms with Crippen molar-refractivity contribution in [2.24, 2.45) is 0 Å². The van der Waals surface area contributed by atoms with Crippen LogP contribution in [0.2, 0.25) is 0 Å². The molecule has 0 unspecified atom stereocenters. The van der Waals surface area contributed by atoms with Crippen molar-refractivity contribution in [1.82, 2.24) is 25.2 Å². The molecule has 0 aromatic carbocycles. The van der Waals surface area contributed by atoms with Crippen molar-refractivity contribution in [3.05, 3.63) is 42.0 Å². The lowest BCUT2D eigenvalue weighted by atomic mass is 10.1. The summed E-state index contributed by atoms with van der Waals surface area (Å²) in [6.45, 7) is 2.45. The van der Waals surface area contributed by atoms with Crippen LogP contribution in [0.3, 0.4) is 0 Å². The summed E-state index contributed by atoms with van der Waals surface area (Å²) in [5, 5.41) is 10.3. The fourth-order valence-corrected chi connectivity index (χ4v) is 2.13. The predicted octanol–water partition coefficient (Wildman–Crippen LogP) is 0.379. The van der Waals surface area contributed by atoms with Gasteiger partial charge in [-0.2, -0.15) is 5.10 Å². The molecule has 3 heterocycles. The van der Waals surface area contributed by atoms with Gasteiger partial charge in [0.2, 0.25) is 0 Å². The molecule has 1 amide bonds. The third kappa shape index (κ3) is 2.48. The van der Waals surface area contributed by atoms with Crippen LogP contribution in [0.4, 0.5) is 0 Å². The van der Waals surface area contributed by atoms with Crippen LogP contribution in [0.25, 0.3) is 5.52 Å². The Hall–Kier alpha value is -2.21. The molecule has 2 N–H and O–H groups in total. The van der Waals surface area contributed by atoms with Crippen molar-refractivity contribution >= 4 is 11.4 Å². The molecule has 0 saturated carbocycles. The topological polar surface area (TPSA) is 71.3 Å². The average molecular weight is 257 g/mol. The maximum Gasteiger partial charge on any atom is 0.255 e. The molecule has 3 rings (SSSR count). The third-order valence-electron chi connectivity index (χ3n) is 3.20. The fourth-order valence-electron chi connectivity index (χ4n) is 2.13. The lowest BCUT2D eigenvalue weighted by molar-refractivity contribution is 0.0958. The molecule has 0 radical (unpaired) electrons. The van der Waals surface area contributed by atoms with Crippen molar-refractivity contribution in [3.8, 4) is 0 Å². The monoisotopic (exact) mass is 257 g/mol. The van der Waals surface area contributed by atoms with Gasteiger partial charge in [0.15, 0.2) is 0 Å². The molecule has 0 saturated heterocycles. The molecule has 6 nitrogen and oxygen atoms in total. The molecule has 2 aromatic heterocycles. The Balaban J connectivity index is 1.71. The third-order valence-corrected chi connectivity index (χ3v) is 3.20. The van der Waals surface area contributed by atoms with Crippen LogP contribution < -0.4 is 10.6 Å². The number of aromatic nitrogens is 3. The quantitative estimate of drug-likeness (QED) is 0.780. The number of hydrogen-bond donors (Lipinski definition) is 2. The van der Waals surface area contributed by atoms with Gasteiger partial charge in [-0.25, -0.2) is 4.52 Å². The first-order valence-electron chi connectivity index (χ1n) is 6.29. The van der Waals surface area contributed by atoms with Crippen molar-refractivity contribution < 1.29 is 4.79 Å². The molecule has 0 aliphatic carbocycles. The molecular weight excluding hydrogens is 242 g/mol. The normalized spacial score (nSPS) is 15.3. The Morgan fingerprint density at radius 1 is 1.47 bits per heavy atom. The zero-order chi connectivity index (χ0) is 13.1. The van der Waals surface area contributed by atoms with E-state index < -0.39 is 0 Å². The molecule has 1 aliphatic rings. The molecule has 19 heavy (non-hydrogen) atoms. The van der Waals surface area contributed by atoms with E-state index in [-0.39, 0.29) is 5.91 Å². The van der Waals surface area contributed by atoms with Crippen LogP contribution in [0, 0.1) is 0 Å². The molecule has 1 aliphatic heterocycles. The van der Waals surface area contributed by atoms with Gasteiger partial charge >= 0.3 is 0 Å². The summed E-state index contributed by atoms with van der Waals surface area (Å²) in [5.74, 6) is -0.109. The maximum atomic E-state index is 12.1. The first-order chi connectivity index (χ1) is 9.34. The Bertz CT molecular complexity index is 631. The number of carbonyl (C=O) groups is 1. The molecule has 98 valence electrons. The highest BCUT2D eigenvalue weighted by atomic mass is 16.1. The van der Waals surface area contributed by atoms with Crippen molar-refractivity contribution in [2.45, 2.75) is 6.42 Å². The Morgan fingerprint density at radius 2 is 2.42 bits per heavy atom. The summed E-state index contributed by atoms with van der Waals surface area (Å²) in [6.07, 6.45) is 9.69. The lowest BCUT2D eigenvalue weighted by Gasteiger charge is -2.14. The number of carbonyl (C=O) groups excluding carboxylic acids is 1. The summed E-state index contributed by atoms with van der Waals surface area (Å²) in [4.78, 5) is 16.1. The van der Waals surface area contributed by atoms with Gasteiger partial charge in [0.1, 0.15) is 0 Å². The zero-order valence-corrected chi connectivity index (χ0v) is 10.5. The van der Waals surface area contributed by atoms with Crippen LogP contribution in [0.15, 0.2) is 36.4 Å². The summed E-state index contributed by atoms with van der Waals surface area (Å²) in [5.41, 5.74) is 2.55. The van der Waals surface area contributed by atoms with E-state index in [0.717, 1.165) is 25.0 Å². The Labute approximate surface area is 110 Å². The Morgan fingerprint density at radius 3 is 3.26 bits per heavy atom. The van der Waals surface area contributed by atoms with E-state index in [9.17, 15) is 4.79 Å². The van der Waals surface area contributed by atoms with E-state index in [2.05, 4.69) is 26.8 Å². The van der Waals surface area contributed by atoms with Crippen molar-refractivity contribution in [1.29, 1.82) is 0 Å². The van der Waals surface area contributed by atoms with Gasteiger partial charge in [-0.3, -0.25) is 9.78 Å². The largest absolute Gasteiger partial charge is 0.348 e. The van der Waals surface area contributed by atoms with E-state index in [1.807, 2.05) is 0 Å². The summed E-state index contributed by atoms with van der Waals surface area (Å²) < 4.78 is 1.64. The minimum absolute atomic E-state index is 0.109. The molecule has 0 bridgehead atoms. The van der Waals surface area contributed by atoms with Gasteiger partial charge in [0.25, 0.3) is 5.91 Å². The second kappa shape index (κ2) is 5.19. The van der Waals surface area contributed by atoms with Gasteiger partial charge in [0, 0.05) is 25.5 Å². The van der Waals surface area contributed by atoms with Gasteiger partial charge in [-0.05, 0) is 13.0 Å². The molecule has 0 atom stereocenters. The molecule has 2 aromatic rings. The highest BCUT2D eigenvalue weighted by Crippen LogP contribution is 2.09. The van der Waals surface area contributed by atoms with E-state index in [1.54, 1.807) is 29.3 Å². The fraction of sp³-hybridized carbons (Fsp3) is 0.308.